The number of hydrogen-bond acceptors (Lipinski definition) is 2. The lowest BCUT2D eigenvalue weighted by Crippen LogP contribution is -2.32. The van der Waals surface area contributed by atoms with Crippen molar-refractivity contribution < 1.29 is 4.74 Å². The molecule has 0 saturated heterocycles. The van der Waals surface area contributed by atoms with Gasteiger partial charge in [0.15, 0.2) is 0 Å². The molecule has 1 N–H and O–H groups in total. The monoisotopic (exact) mass is 261 g/mol. The average Bonchev–Trinajstić information content (AvgIpc) is 2.44. The fourth-order valence-electron chi connectivity index (χ4n) is 3.16. The van der Waals surface area contributed by atoms with Gasteiger partial charge in [-0.2, -0.15) is 0 Å². The molecule has 1 aliphatic rings. The summed E-state index contributed by atoms with van der Waals surface area (Å²) >= 11 is 0. The zero-order valence-corrected chi connectivity index (χ0v) is 12.7. The summed E-state index contributed by atoms with van der Waals surface area (Å²) in [5.74, 6) is 0.717. The summed E-state index contributed by atoms with van der Waals surface area (Å²) in [5, 5.41) is 3.52. The summed E-state index contributed by atoms with van der Waals surface area (Å²) < 4.78 is 5.55. The Balaban J connectivity index is 2.07. The van der Waals surface area contributed by atoms with Gasteiger partial charge in [0.05, 0.1) is 5.60 Å². The van der Waals surface area contributed by atoms with Crippen LogP contribution >= 0.6 is 0 Å². The van der Waals surface area contributed by atoms with Crippen LogP contribution in [-0.2, 0) is 11.2 Å². The first-order valence-corrected chi connectivity index (χ1v) is 7.37. The van der Waals surface area contributed by atoms with Crippen molar-refractivity contribution in [3.63, 3.8) is 0 Å². The van der Waals surface area contributed by atoms with Crippen LogP contribution in [0.15, 0.2) is 24.3 Å². The van der Waals surface area contributed by atoms with Crippen molar-refractivity contribution >= 4 is 0 Å². The second-order valence-electron chi connectivity index (χ2n) is 6.27. The third-order valence-electron chi connectivity index (χ3n) is 4.63. The van der Waals surface area contributed by atoms with Crippen LogP contribution in [0.1, 0.15) is 50.3 Å². The van der Waals surface area contributed by atoms with Crippen molar-refractivity contribution in [2.75, 3.05) is 14.2 Å². The molecule has 1 aliphatic carbocycles. The molecule has 1 aromatic carbocycles. The first kappa shape index (κ1) is 14.5. The van der Waals surface area contributed by atoms with E-state index in [1.807, 2.05) is 7.11 Å². The van der Waals surface area contributed by atoms with Crippen LogP contribution in [0.2, 0.25) is 0 Å². The highest BCUT2D eigenvalue weighted by Gasteiger charge is 2.29. The number of methoxy groups -OCH3 is 1. The van der Waals surface area contributed by atoms with E-state index in [0.717, 1.165) is 6.42 Å². The van der Waals surface area contributed by atoms with E-state index in [9.17, 15) is 0 Å². The van der Waals surface area contributed by atoms with Crippen LogP contribution in [0.4, 0.5) is 0 Å². The van der Waals surface area contributed by atoms with Gasteiger partial charge in [0.2, 0.25) is 0 Å². The predicted octanol–water partition coefficient (Wildman–Crippen LogP) is 3.71. The predicted molar refractivity (Wildman–Crippen MR) is 80.4 cm³/mol. The number of fused-ring (bicyclic) bond motifs is 1. The van der Waals surface area contributed by atoms with Crippen LogP contribution in [0.5, 0.6) is 0 Å². The topological polar surface area (TPSA) is 21.3 Å². The van der Waals surface area contributed by atoms with Gasteiger partial charge in [0.1, 0.15) is 0 Å². The minimum absolute atomic E-state index is 0.00471. The molecule has 0 amide bonds. The molecule has 0 aromatic heterocycles. The van der Waals surface area contributed by atoms with Crippen LogP contribution < -0.4 is 5.32 Å². The summed E-state index contributed by atoms with van der Waals surface area (Å²) in [4.78, 5) is 0. The summed E-state index contributed by atoms with van der Waals surface area (Å²) in [5.41, 5.74) is 3.01. The SMILES string of the molecule is CNC1c2ccccc2CCC1CCC(C)(C)OC. The molecule has 2 nitrogen and oxygen atoms in total. The van der Waals surface area contributed by atoms with E-state index in [0.29, 0.717) is 12.0 Å². The third-order valence-corrected chi connectivity index (χ3v) is 4.63. The maximum absolute atomic E-state index is 5.55. The van der Waals surface area contributed by atoms with E-state index in [-0.39, 0.29) is 5.60 Å². The molecule has 1 aromatic rings. The Morgan fingerprint density at radius 2 is 2.05 bits per heavy atom. The third kappa shape index (κ3) is 3.37. The second-order valence-corrected chi connectivity index (χ2v) is 6.27. The highest BCUT2D eigenvalue weighted by Crippen LogP contribution is 2.37. The van der Waals surface area contributed by atoms with Crippen LogP contribution in [0.25, 0.3) is 0 Å². The van der Waals surface area contributed by atoms with Gasteiger partial charge in [-0.25, -0.2) is 0 Å². The highest BCUT2D eigenvalue weighted by atomic mass is 16.5. The fraction of sp³-hybridized carbons (Fsp3) is 0.647. The van der Waals surface area contributed by atoms with E-state index in [2.05, 4.69) is 50.5 Å². The molecule has 0 spiro atoms. The number of aryl methyl sites for hydroxylation is 1. The Bertz CT molecular complexity index is 413. The van der Waals surface area contributed by atoms with E-state index in [1.54, 1.807) is 0 Å². The molecule has 0 heterocycles. The lowest BCUT2D eigenvalue weighted by molar-refractivity contribution is 0.00844. The molecule has 2 atom stereocenters. The summed E-state index contributed by atoms with van der Waals surface area (Å²) in [6.45, 7) is 4.36. The number of rotatable bonds is 5. The molecule has 2 unspecified atom stereocenters. The zero-order valence-electron chi connectivity index (χ0n) is 12.7. The van der Waals surface area contributed by atoms with Crippen molar-refractivity contribution in [3.8, 4) is 0 Å². The summed E-state index contributed by atoms with van der Waals surface area (Å²) in [6, 6.07) is 9.36. The van der Waals surface area contributed by atoms with E-state index >= 15 is 0 Å². The van der Waals surface area contributed by atoms with E-state index in [1.165, 1.54) is 30.4 Å². The molecule has 0 aliphatic heterocycles. The number of ether oxygens (including phenoxy) is 1. The molecule has 2 heteroatoms. The zero-order chi connectivity index (χ0) is 13.9. The average molecular weight is 261 g/mol. The van der Waals surface area contributed by atoms with E-state index in [4.69, 9.17) is 4.74 Å². The Labute approximate surface area is 117 Å². The molecule has 0 bridgehead atoms. The van der Waals surface area contributed by atoms with Gasteiger partial charge in [-0.3, -0.25) is 0 Å². The number of nitrogens with one attached hydrogen (secondary N) is 1. The van der Waals surface area contributed by atoms with Crippen molar-refractivity contribution in [1.82, 2.24) is 5.32 Å². The molecule has 0 saturated carbocycles. The molecule has 2 rings (SSSR count). The standard InChI is InChI=1S/C17H27NO/c1-17(2,19-4)12-11-14-10-9-13-7-5-6-8-15(13)16(14)18-3/h5-8,14,16,18H,9-12H2,1-4H3. The van der Waals surface area contributed by atoms with Crippen LogP contribution in [-0.4, -0.2) is 19.8 Å². The Morgan fingerprint density at radius 3 is 2.74 bits per heavy atom. The van der Waals surface area contributed by atoms with Gasteiger partial charge in [0.25, 0.3) is 0 Å². The Morgan fingerprint density at radius 1 is 1.32 bits per heavy atom. The quantitative estimate of drug-likeness (QED) is 0.872. The van der Waals surface area contributed by atoms with Crippen molar-refractivity contribution in [2.24, 2.45) is 5.92 Å². The van der Waals surface area contributed by atoms with Gasteiger partial charge >= 0.3 is 0 Å². The van der Waals surface area contributed by atoms with Gasteiger partial charge in [-0.05, 0) is 63.6 Å². The number of hydrogen-bond donors (Lipinski definition) is 1. The molecular formula is C17H27NO. The minimum Gasteiger partial charge on any atom is -0.379 e. The Kier molecular flexibility index (Phi) is 4.64. The van der Waals surface area contributed by atoms with Gasteiger partial charge < -0.3 is 10.1 Å². The molecule has 106 valence electrons. The molecular weight excluding hydrogens is 234 g/mol. The molecule has 0 fully saturated rings. The summed E-state index contributed by atoms with van der Waals surface area (Å²) in [7, 11) is 3.90. The molecule has 19 heavy (non-hydrogen) atoms. The second kappa shape index (κ2) is 6.06. The highest BCUT2D eigenvalue weighted by molar-refractivity contribution is 5.32. The first-order chi connectivity index (χ1) is 9.07. The first-order valence-electron chi connectivity index (χ1n) is 7.37. The smallest absolute Gasteiger partial charge is 0.0622 e. The van der Waals surface area contributed by atoms with Gasteiger partial charge in [-0.1, -0.05) is 24.3 Å². The van der Waals surface area contributed by atoms with Crippen LogP contribution in [0, 0.1) is 5.92 Å². The maximum Gasteiger partial charge on any atom is 0.0622 e. The van der Waals surface area contributed by atoms with Crippen molar-refractivity contribution in [1.29, 1.82) is 0 Å². The van der Waals surface area contributed by atoms with E-state index < -0.39 is 0 Å². The fourth-order valence-corrected chi connectivity index (χ4v) is 3.16. The minimum atomic E-state index is -0.00471. The van der Waals surface area contributed by atoms with Gasteiger partial charge in [-0.15, -0.1) is 0 Å². The maximum atomic E-state index is 5.55. The number of benzene rings is 1. The lowest BCUT2D eigenvalue weighted by Gasteiger charge is -2.35. The molecule has 0 radical (unpaired) electrons. The normalized spacial score (nSPS) is 23.2. The summed E-state index contributed by atoms with van der Waals surface area (Å²) in [6.07, 6.45) is 4.84. The van der Waals surface area contributed by atoms with Gasteiger partial charge in [0, 0.05) is 13.2 Å². The Hall–Kier alpha value is -0.860. The van der Waals surface area contributed by atoms with Crippen LogP contribution in [0.3, 0.4) is 0 Å². The largest absolute Gasteiger partial charge is 0.379 e. The van der Waals surface area contributed by atoms with Crippen molar-refractivity contribution in [2.45, 2.75) is 51.2 Å². The lowest BCUT2D eigenvalue weighted by atomic mass is 9.76. The van der Waals surface area contributed by atoms with Crippen molar-refractivity contribution in [3.05, 3.63) is 35.4 Å².